The van der Waals surface area contributed by atoms with Gasteiger partial charge in [-0.25, -0.2) is 4.39 Å². The van der Waals surface area contributed by atoms with Crippen LogP contribution in [0.2, 0.25) is 0 Å². The minimum atomic E-state index is -0.419. The SMILES string of the molecule is Cc1ccc(F)cc1C(=O)NCCCOCCO. The molecule has 0 saturated carbocycles. The molecule has 0 radical (unpaired) electrons. The first-order chi connectivity index (χ1) is 8.65. The molecule has 100 valence electrons. The number of aliphatic hydroxyl groups excluding tert-OH is 1. The first-order valence-electron chi connectivity index (χ1n) is 5.88. The summed E-state index contributed by atoms with van der Waals surface area (Å²) in [5.41, 5.74) is 1.09. The van der Waals surface area contributed by atoms with Gasteiger partial charge in [0.25, 0.3) is 5.91 Å². The Morgan fingerprint density at radius 1 is 1.44 bits per heavy atom. The van der Waals surface area contributed by atoms with Crippen molar-refractivity contribution in [2.45, 2.75) is 13.3 Å². The number of hydrogen-bond acceptors (Lipinski definition) is 3. The first kappa shape index (κ1) is 14.6. The number of ether oxygens (including phenoxy) is 1. The van der Waals surface area contributed by atoms with Gasteiger partial charge in [-0.05, 0) is 31.0 Å². The number of amides is 1. The molecule has 0 unspecified atom stereocenters. The van der Waals surface area contributed by atoms with Crippen LogP contribution in [0.25, 0.3) is 0 Å². The Balaban J connectivity index is 2.34. The molecular formula is C13H18FNO3. The molecule has 1 aromatic carbocycles. The summed E-state index contributed by atoms with van der Waals surface area (Å²) in [6, 6.07) is 4.14. The van der Waals surface area contributed by atoms with Gasteiger partial charge in [-0.3, -0.25) is 4.79 Å². The van der Waals surface area contributed by atoms with Gasteiger partial charge >= 0.3 is 0 Å². The van der Waals surface area contributed by atoms with E-state index in [0.717, 1.165) is 5.56 Å². The van der Waals surface area contributed by atoms with Crippen molar-refractivity contribution in [2.24, 2.45) is 0 Å². The number of aliphatic hydroxyl groups is 1. The van der Waals surface area contributed by atoms with Crippen LogP contribution in [-0.2, 0) is 4.74 Å². The third kappa shape index (κ3) is 4.81. The van der Waals surface area contributed by atoms with Crippen molar-refractivity contribution in [2.75, 3.05) is 26.4 Å². The summed E-state index contributed by atoms with van der Waals surface area (Å²) in [4.78, 5) is 11.7. The highest BCUT2D eigenvalue weighted by molar-refractivity contribution is 5.95. The number of benzene rings is 1. The second-order valence-electron chi connectivity index (χ2n) is 3.90. The third-order valence-electron chi connectivity index (χ3n) is 2.43. The lowest BCUT2D eigenvalue weighted by molar-refractivity contribution is 0.0867. The zero-order valence-corrected chi connectivity index (χ0v) is 10.4. The third-order valence-corrected chi connectivity index (χ3v) is 2.43. The fourth-order valence-electron chi connectivity index (χ4n) is 1.48. The predicted molar refractivity (Wildman–Crippen MR) is 66.0 cm³/mol. The van der Waals surface area contributed by atoms with Crippen molar-refractivity contribution in [1.29, 1.82) is 0 Å². The van der Waals surface area contributed by atoms with E-state index in [1.54, 1.807) is 13.0 Å². The average Bonchev–Trinajstić information content (AvgIpc) is 2.36. The van der Waals surface area contributed by atoms with Crippen LogP contribution in [0.3, 0.4) is 0 Å². The molecule has 0 saturated heterocycles. The number of carbonyl (C=O) groups excluding carboxylic acids is 1. The molecule has 0 aliphatic carbocycles. The van der Waals surface area contributed by atoms with Crippen LogP contribution in [-0.4, -0.2) is 37.4 Å². The molecule has 0 spiro atoms. The zero-order valence-electron chi connectivity index (χ0n) is 10.4. The van der Waals surface area contributed by atoms with E-state index in [9.17, 15) is 9.18 Å². The number of carbonyl (C=O) groups is 1. The number of nitrogens with one attached hydrogen (secondary N) is 1. The molecule has 2 N–H and O–H groups in total. The summed E-state index contributed by atoms with van der Waals surface area (Å²) in [7, 11) is 0. The number of halogens is 1. The molecule has 0 atom stereocenters. The quantitative estimate of drug-likeness (QED) is 0.721. The summed E-state index contributed by atoms with van der Waals surface area (Å²) >= 11 is 0. The lowest BCUT2D eigenvalue weighted by atomic mass is 10.1. The van der Waals surface area contributed by atoms with E-state index in [1.807, 2.05) is 0 Å². The van der Waals surface area contributed by atoms with Gasteiger partial charge in [-0.2, -0.15) is 0 Å². The van der Waals surface area contributed by atoms with E-state index in [2.05, 4.69) is 5.32 Å². The van der Waals surface area contributed by atoms with Crippen LogP contribution >= 0.6 is 0 Å². The first-order valence-corrected chi connectivity index (χ1v) is 5.88. The molecule has 1 rings (SSSR count). The van der Waals surface area contributed by atoms with Gasteiger partial charge in [0.15, 0.2) is 0 Å². The Morgan fingerprint density at radius 3 is 2.94 bits per heavy atom. The summed E-state index contributed by atoms with van der Waals surface area (Å²) in [6.45, 7) is 2.99. The van der Waals surface area contributed by atoms with Gasteiger partial charge in [-0.15, -0.1) is 0 Å². The molecule has 0 heterocycles. The van der Waals surface area contributed by atoms with Crippen molar-refractivity contribution >= 4 is 5.91 Å². The van der Waals surface area contributed by atoms with Crippen molar-refractivity contribution < 1.29 is 19.0 Å². The number of rotatable bonds is 7. The largest absolute Gasteiger partial charge is 0.394 e. The zero-order chi connectivity index (χ0) is 13.4. The van der Waals surface area contributed by atoms with Crippen LogP contribution in [0.1, 0.15) is 22.3 Å². The van der Waals surface area contributed by atoms with Crippen LogP contribution in [0.4, 0.5) is 4.39 Å². The molecular weight excluding hydrogens is 237 g/mol. The predicted octanol–water partition coefficient (Wildman–Crippen LogP) is 1.26. The van der Waals surface area contributed by atoms with Gasteiger partial charge in [0.1, 0.15) is 5.82 Å². The summed E-state index contributed by atoms with van der Waals surface area (Å²) < 4.78 is 18.1. The standard InChI is InChI=1S/C13H18FNO3/c1-10-3-4-11(14)9-12(10)13(17)15-5-2-7-18-8-6-16/h3-4,9,16H,2,5-8H2,1H3,(H,15,17). The van der Waals surface area contributed by atoms with E-state index in [4.69, 9.17) is 9.84 Å². The Kier molecular flexibility index (Phi) is 6.32. The molecule has 0 aliphatic heterocycles. The van der Waals surface area contributed by atoms with E-state index >= 15 is 0 Å². The van der Waals surface area contributed by atoms with Crippen LogP contribution < -0.4 is 5.32 Å². The monoisotopic (exact) mass is 255 g/mol. The molecule has 5 heteroatoms. The highest BCUT2D eigenvalue weighted by Gasteiger charge is 2.09. The fraction of sp³-hybridized carbons (Fsp3) is 0.462. The van der Waals surface area contributed by atoms with E-state index in [0.29, 0.717) is 31.7 Å². The maximum Gasteiger partial charge on any atom is 0.251 e. The Labute approximate surface area is 106 Å². The van der Waals surface area contributed by atoms with Gasteiger partial charge in [-0.1, -0.05) is 6.07 Å². The second-order valence-corrected chi connectivity index (χ2v) is 3.90. The minimum Gasteiger partial charge on any atom is -0.394 e. The second kappa shape index (κ2) is 7.79. The lowest BCUT2D eigenvalue weighted by Gasteiger charge is -2.08. The van der Waals surface area contributed by atoms with E-state index in [1.165, 1.54) is 12.1 Å². The molecule has 18 heavy (non-hydrogen) atoms. The number of hydrogen-bond donors (Lipinski definition) is 2. The van der Waals surface area contributed by atoms with Gasteiger partial charge in [0.2, 0.25) is 0 Å². The van der Waals surface area contributed by atoms with Gasteiger partial charge in [0.05, 0.1) is 13.2 Å². The molecule has 1 amide bonds. The topological polar surface area (TPSA) is 58.6 Å². The van der Waals surface area contributed by atoms with Crippen molar-refractivity contribution in [3.8, 4) is 0 Å². The molecule has 0 aromatic heterocycles. The smallest absolute Gasteiger partial charge is 0.251 e. The summed E-state index contributed by atoms with van der Waals surface area (Å²) in [5, 5.41) is 11.2. The summed E-state index contributed by atoms with van der Waals surface area (Å²) in [5.74, 6) is -0.703. The highest BCUT2D eigenvalue weighted by atomic mass is 19.1. The Bertz CT molecular complexity index is 396. The van der Waals surface area contributed by atoms with Crippen molar-refractivity contribution in [3.05, 3.63) is 35.1 Å². The lowest BCUT2D eigenvalue weighted by Crippen LogP contribution is -2.26. The minimum absolute atomic E-state index is 0.00511. The van der Waals surface area contributed by atoms with Crippen LogP contribution in [0.5, 0.6) is 0 Å². The number of aryl methyl sites for hydroxylation is 1. The molecule has 0 aliphatic rings. The molecule has 0 fully saturated rings. The maximum atomic E-state index is 13.0. The van der Waals surface area contributed by atoms with E-state index in [-0.39, 0.29) is 12.5 Å². The van der Waals surface area contributed by atoms with E-state index < -0.39 is 5.82 Å². The fourth-order valence-corrected chi connectivity index (χ4v) is 1.48. The summed E-state index contributed by atoms with van der Waals surface area (Å²) in [6.07, 6.45) is 0.653. The maximum absolute atomic E-state index is 13.0. The van der Waals surface area contributed by atoms with Crippen molar-refractivity contribution in [1.82, 2.24) is 5.32 Å². The average molecular weight is 255 g/mol. The molecule has 0 bridgehead atoms. The Hall–Kier alpha value is -1.46. The molecule has 1 aromatic rings. The molecule has 4 nitrogen and oxygen atoms in total. The van der Waals surface area contributed by atoms with Crippen LogP contribution in [0.15, 0.2) is 18.2 Å². The van der Waals surface area contributed by atoms with Crippen LogP contribution in [0, 0.1) is 12.7 Å². The van der Waals surface area contributed by atoms with Gasteiger partial charge in [0, 0.05) is 18.7 Å². The highest BCUT2D eigenvalue weighted by Crippen LogP contribution is 2.09. The normalized spacial score (nSPS) is 10.4. The van der Waals surface area contributed by atoms with Gasteiger partial charge < -0.3 is 15.2 Å². The Morgan fingerprint density at radius 2 is 2.22 bits per heavy atom. The van der Waals surface area contributed by atoms with Crippen molar-refractivity contribution in [3.63, 3.8) is 0 Å².